The van der Waals surface area contributed by atoms with Gasteiger partial charge in [-0.05, 0) is 78.3 Å². The van der Waals surface area contributed by atoms with Gasteiger partial charge in [-0.2, -0.15) is 0 Å². The zero-order valence-corrected chi connectivity index (χ0v) is 26.8. The molecule has 2 unspecified atom stereocenters. The third kappa shape index (κ3) is 6.46. The van der Waals surface area contributed by atoms with Crippen LogP contribution in [0.15, 0.2) is 48.5 Å². The average Bonchev–Trinajstić information content (AvgIpc) is 3.04. The Kier molecular flexibility index (Phi) is 9.71. The van der Waals surface area contributed by atoms with Gasteiger partial charge in [0.25, 0.3) is 0 Å². The van der Waals surface area contributed by atoms with Gasteiger partial charge >= 0.3 is 6.03 Å². The number of hydrogen-bond donors (Lipinski definition) is 3. The first kappa shape index (κ1) is 32.6. The van der Waals surface area contributed by atoms with E-state index < -0.39 is 29.6 Å². The highest BCUT2D eigenvalue weighted by Gasteiger charge is 2.39. The van der Waals surface area contributed by atoms with Crippen LogP contribution >= 0.6 is 0 Å². The number of hydrogen-bond acceptors (Lipinski definition) is 6. The normalized spacial score (nSPS) is 18.4. The minimum atomic E-state index is -1.02. The number of amides is 5. The zero-order chi connectivity index (χ0) is 33.1. The number of urea groups is 1. The van der Waals surface area contributed by atoms with E-state index in [2.05, 4.69) is 16.0 Å². The summed E-state index contributed by atoms with van der Waals surface area (Å²) in [5, 5.41) is 8.99. The number of anilines is 1. The van der Waals surface area contributed by atoms with Crippen LogP contribution in [0.25, 0.3) is 22.3 Å². The molecule has 2 aliphatic rings. The van der Waals surface area contributed by atoms with E-state index in [0.717, 1.165) is 45.6 Å². The van der Waals surface area contributed by atoms with Crippen LogP contribution in [0.1, 0.15) is 29.5 Å². The fraction of sp³-hybridized carbons (Fsp3) is 0.371. The number of imide groups is 1. The van der Waals surface area contributed by atoms with Crippen molar-refractivity contribution in [1.29, 1.82) is 0 Å². The molecule has 3 aromatic carbocycles. The molecule has 3 N–H and O–H groups in total. The van der Waals surface area contributed by atoms with Crippen molar-refractivity contribution in [2.24, 2.45) is 11.8 Å². The zero-order valence-electron chi connectivity index (χ0n) is 26.8. The quantitative estimate of drug-likeness (QED) is 0.301. The summed E-state index contributed by atoms with van der Waals surface area (Å²) < 4.78 is 21.2. The summed E-state index contributed by atoms with van der Waals surface area (Å²) in [7, 11) is 4.43. The molecule has 0 aliphatic carbocycles. The van der Waals surface area contributed by atoms with E-state index in [9.17, 15) is 19.2 Å². The highest BCUT2D eigenvalue weighted by atomic mass is 19.1. The van der Waals surface area contributed by atoms with Crippen LogP contribution in [0, 0.1) is 31.5 Å². The smallest absolute Gasteiger partial charge is 0.326 e. The molecule has 2 saturated heterocycles. The molecule has 2 aliphatic heterocycles. The number of ether oxygens (including phenoxy) is 1. The van der Waals surface area contributed by atoms with E-state index >= 15 is 4.39 Å². The van der Waals surface area contributed by atoms with Crippen LogP contribution in [0.2, 0.25) is 0 Å². The molecule has 5 amide bonds. The van der Waals surface area contributed by atoms with Crippen molar-refractivity contribution in [2.45, 2.75) is 33.2 Å². The lowest BCUT2D eigenvalue weighted by atomic mass is 9.90. The van der Waals surface area contributed by atoms with Gasteiger partial charge in [0, 0.05) is 51.5 Å². The summed E-state index contributed by atoms with van der Waals surface area (Å²) in [5.41, 5.74) is 5.92. The van der Waals surface area contributed by atoms with Gasteiger partial charge in [0.05, 0.1) is 13.0 Å². The Morgan fingerprint density at radius 1 is 1.02 bits per heavy atom. The van der Waals surface area contributed by atoms with Crippen molar-refractivity contribution in [1.82, 2.24) is 20.4 Å². The Morgan fingerprint density at radius 2 is 1.72 bits per heavy atom. The van der Waals surface area contributed by atoms with Crippen LogP contribution in [-0.2, 0) is 20.9 Å². The van der Waals surface area contributed by atoms with Gasteiger partial charge in [-0.3, -0.25) is 19.3 Å². The second-order valence-corrected chi connectivity index (χ2v) is 12.0. The number of halogens is 1. The van der Waals surface area contributed by atoms with Crippen LogP contribution in [0.5, 0.6) is 5.75 Å². The Morgan fingerprint density at radius 3 is 2.43 bits per heavy atom. The van der Waals surface area contributed by atoms with E-state index in [4.69, 9.17) is 4.74 Å². The van der Waals surface area contributed by atoms with Crippen molar-refractivity contribution < 1.29 is 28.3 Å². The number of nitrogens with one attached hydrogen (secondary N) is 3. The Balaban J connectivity index is 1.38. The van der Waals surface area contributed by atoms with Crippen LogP contribution in [0.4, 0.5) is 14.9 Å². The maximum Gasteiger partial charge on any atom is 0.326 e. The number of nitrogens with zero attached hydrogens (tertiary/aromatic N) is 2. The molecule has 0 aromatic heterocycles. The predicted octanol–water partition coefficient (Wildman–Crippen LogP) is 4.48. The maximum atomic E-state index is 15.6. The number of carbonyl (C=O) groups excluding carboxylic acids is 4. The maximum absolute atomic E-state index is 15.6. The third-order valence-electron chi connectivity index (χ3n) is 9.01. The van der Waals surface area contributed by atoms with E-state index in [-0.39, 0.29) is 24.9 Å². The molecular weight excluding hydrogens is 589 g/mol. The lowest BCUT2D eigenvalue weighted by Gasteiger charge is -2.33. The number of methoxy groups -OCH3 is 1. The van der Waals surface area contributed by atoms with E-state index in [1.807, 2.05) is 50.2 Å². The monoisotopic (exact) mass is 629 g/mol. The second-order valence-electron chi connectivity index (χ2n) is 12.0. The molecule has 0 spiro atoms. The number of piperidine rings is 1. The van der Waals surface area contributed by atoms with E-state index in [1.165, 1.54) is 25.1 Å². The fourth-order valence-electron chi connectivity index (χ4n) is 6.25. The second kappa shape index (κ2) is 13.7. The molecule has 5 rings (SSSR count). The Labute approximate surface area is 268 Å². The van der Waals surface area contributed by atoms with Crippen LogP contribution in [-0.4, -0.2) is 74.4 Å². The number of carbonyl (C=O) groups is 4. The molecule has 11 heteroatoms. The summed E-state index contributed by atoms with van der Waals surface area (Å²) >= 11 is 0. The van der Waals surface area contributed by atoms with Crippen molar-refractivity contribution in [3.05, 3.63) is 71.0 Å². The Bertz CT molecular complexity index is 1690. The summed E-state index contributed by atoms with van der Waals surface area (Å²) in [6.07, 6.45) is 1.74. The first-order chi connectivity index (χ1) is 22.0. The minimum absolute atomic E-state index is 0.000277. The summed E-state index contributed by atoms with van der Waals surface area (Å²) in [5.74, 6) is -2.15. The van der Waals surface area contributed by atoms with Crippen LogP contribution in [0.3, 0.4) is 0 Å². The van der Waals surface area contributed by atoms with Crippen molar-refractivity contribution >= 4 is 29.4 Å². The molecule has 10 nitrogen and oxygen atoms in total. The lowest BCUT2D eigenvalue weighted by molar-refractivity contribution is -0.140. The molecule has 46 heavy (non-hydrogen) atoms. The molecule has 2 atom stereocenters. The Hall–Kier alpha value is -4.77. The minimum Gasteiger partial charge on any atom is -0.496 e. The van der Waals surface area contributed by atoms with E-state index in [0.29, 0.717) is 35.7 Å². The van der Waals surface area contributed by atoms with Gasteiger partial charge in [0.1, 0.15) is 17.5 Å². The van der Waals surface area contributed by atoms with E-state index in [1.54, 1.807) is 13.1 Å². The first-order valence-corrected chi connectivity index (χ1v) is 15.4. The highest BCUT2D eigenvalue weighted by Crippen LogP contribution is 2.38. The van der Waals surface area contributed by atoms with Gasteiger partial charge in [-0.15, -0.1) is 0 Å². The molecule has 3 aromatic rings. The molecule has 0 bridgehead atoms. The van der Waals surface area contributed by atoms with Gasteiger partial charge in [0.15, 0.2) is 0 Å². The fourth-order valence-corrected chi connectivity index (χ4v) is 6.25. The topological polar surface area (TPSA) is 120 Å². The van der Waals surface area contributed by atoms with Crippen molar-refractivity contribution in [3.8, 4) is 28.0 Å². The molecule has 2 heterocycles. The first-order valence-electron chi connectivity index (χ1n) is 15.4. The molecular formula is C35H40FN5O5. The average molecular weight is 630 g/mol. The van der Waals surface area contributed by atoms with Gasteiger partial charge < -0.3 is 25.6 Å². The van der Waals surface area contributed by atoms with Gasteiger partial charge in [0.2, 0.25) is 17.7 Å². The molecule has 242 valence electrons. The van der Waals surface area contributed by atoms with Crippen molar-refractivity contribution in [3.63, 3.8) is 0 Å². The number of rotatable bonds is 9. The summed E-state index contributed by atoms with van der Waals surface area (Å²) in [6, 6.07) is 14.2. The standard InChI is InChI=1S/C35H40FN5O5/c1-20-24(23-15-29(36)27(31(16-23)46-5)18-37-17-22-9-8-14-38-32(22)42)10-6-11-25(20)26-12-7-13-30(21(26)2)39-33(43)28-19-40(3)35(45)41(4)34(28)44/h6-7,10-13,15-16,22,28,37H,8-9,14,17-19H2,1-5H3,(H,38,42)(H,39,43). The third-order valence-corrected chi connectivity index (χ3v) is 9.01. The van der Waals surface area contributed by atoms with Gasteiger partial charge in [-0.25, -0.2) is 9.18 Å². The molecule has 0 saturated carbocycles. The predicted molar refractivity (Wildman–Crippen MR) is 174 cm³/mol. The summed E-state index contributed by atoms with van der Waals surface area (Å²) in [6.45, 7) is 5.24. The van der Waals surface area contributed by atoms with Crippen LogP contribution < -0.4 is 20.7 Å². The van der Waals surface area contributed by atoms with Gasteiger partial charge in [-0.1, -0.05) is 30.3 Å². The lowest BCUT2D eigenvalue weighted by Crippen LogP contribution is -2.56. The highest BCUT2D eigenvalue weighted by molar-refractivity contribution is 6.12. The molecule has 0 radical (unpaired) electrons. The SMILES string of the molecule is COc1cc(-c2cccc(-c3cccc(NC(=O)C4CN(C)C(=O)N(C)C4=O)c3C)c2C)cc(F)c1CNCC1CCCNC1=O. The number of benzene rings is 3. The van der Waals surface area contributed by atoms with Crippen molar-refractivity contribution in [2.75, 3.05) is 46.2 Å². The summed E-state index contributed by atoms with van der Waals surface area (Å²) in [4.78, 5) is 52.4. The molecule has 2 fully saturated rings. The largest absolute Gasteiger partial charge is 0.496 e.